The van der Waals surface area contributed by atoms with E-state index < -0.39 is 0 Å². The fourth-order valence-electron chi connectivity index (χ4n) is 5.83. The lowest BCUT2D eigenvalue weighted by Gasteiger charge is -2.16. The van der Waals surface area contributed by atoms with Gasteiger partial charge in [-0.05, 0) is 18.9 Å². The molecule has 4 N–H and O–H groups in total. The third kappa shape index (κ3) is 7.18. The molecule has 0 radical (unpaired) electrons. The summed E-state index contributed by atoms with van der Waals surface area (Å²) >= 11 is 14.1. The molecule has 2 aliphatic heterocycles. The Morgan fingerprint density at radius 1 is 0.851 bits per heavy atom. The molecule has 2 aliphatic rings. The monoisotopic (exact) mass is 675 g/mol. The highest BCUT2D eigenvalue weighted by molar-refractivity contribution is 6.39. The third-order valence-electron chi connectivity index (χ3n) is 8.33. The number of halogens is 2. The molecule has 0 aliphatic carbocycles. The number of ether oxygens (including phenoxy) is 2. The van der Waals surface area contributed by atoms with E-state index in [1.54, 1.807) is 20.4 Å². The van der Waals surface area contributed by atoms with Crippen LogP contribution in [0, 0.1) is 0 Å². The van der Waals surface area contributed by atoms with Gasteiger partial charge in [0.15, 0.2) is 0 Å². The number of amides is 2. The van der Waals surface area contributed by atoms with Crippen LogP contribution in [0.15, 0.2) is 54.7 Å². The van der Waals surface area contributed by atoms with Crippen molar-refractivity contribution in [1.82, 2.24) is 36.2 Å². The van der Waals surface area contributed by atoms with E-state index in [-0.39, 0.29) is 23.9 Å². The first-order chi connectivity index (χ1) is 22.9. The van der Waals surface area contributed by atoms with Crippen LogP contribution in [-0.2, 0) is 22.7 Å². The van der Waals surface area contributed by atoms with Gasteiger partial charge in [0, 0.05) is 66.5 Å². The first-order valence-corrected chi connectivity index (χ1v) is 16.1. The number of nitrogens with zero attached hydrogens (tertiary/aromatic N) is 3. The zero-order valence-electron chi connectivity index (χ0n) is 26.0. The maximum absolute atomic E-state index is 12.0. The molecule has 2 aromatic carbocycles. The van der Waals surface area contributed by atoms with E-state index >= 15 is 0 Å². The molecular weight excluding hydrogens is 641 g/mol. The second-order valence-corrected chi connectivity index (χ2v) is 12.1. The van der Waals surface area contributed by atoms with Crippen LogP contribution in [-0.4, -0.2) is 66.2 Å². The Hall–Kier alpha value is -4.29. The number of rotatable bonds is 12. The summed E-state index contributed by atoms with van der Waals surface area (Å²) in [5, 5.41) is 13.3. The van der Waals surface area contributed by atoms with Gasteiger partial charge in [0.2, 0.25) is 23.6 Å². The maximum Gasteiger partial charge on any atom is 0.237 e. The summed E-state index contributed by atoms with van der Waals surface area (Å²) < 4.78 is 11.2. The summed E-state index contributed by atoms with van der Waals surface area (Å²) in [4.78, 5) is 37.5. The summed E-state index contributed by atoms with van der Waals surface area (Å²) in [6.07, 6.45) is 3.78. The lowest BCUT2D eigenvalue weighted by molar-refractivity contribution is -0.121. The standard InChI is InChI=1S/C34H35Cl2N7O4/c1-46-33-19(15-39-26-13-14-38-32(26)45)9-11-25(42-33)23-7-3-5-21(30(23)35)22-6-4-8-24(31(22)36)27-18-40-28(34(43-27)47-2)17-37-16-20-10-12-29(44)41-20/h3-9,11,18,20,26,37,39H,10,12-17H2,1-2H3,(H,38,45)(H,41,44). The molecule has 2 amide bonds. The highest BCUT2D eigenvalue weighted by Gasteiger charge is 2.24. The number of aromatic nitrogens is 3. The minimum absolute atomic E-state index is 0.00330. The Balaban J connectivity index is 1.23. The predicted octanol–water partition coefficient (Wildman–Crippen LogP) is 4.54. The van der Waals surface area contributed by atoms with Gasteiger partial charge in [-0.25, -0.2) is 9.97 Å². The van der Waals surface area contributed by atoms with Crippen molar-refractivity contribution >= 4 is 35.0 Å². The van der Waals surface area contributed by atoms with Gasteiger partial charge >= 0.3 is 0 Å². The fourth-order valence-corrected chi connectivity index (χ4v) is 6.48. The summed E-state index contributed by atoms with van der Waals surface area (Å²) in [5.74, 6) is 0.921. The van der Waals surface area contributed by atoms with Gasteiger partial charge in [0.05, 0.1) is 47.9 Å². The van der Waals surface area contributed by atoms with E-state index in [1.165, 1.54) is 0 Å². The van der Waals surface area contributed by atoms with Crippen molar-refractivity contribution < 1.29 is 19.1 Å². The predicted molar refractivity (Wildman–Crippen MR) is 180 cm³/mol. The van der Waals surface area contributed by atoms with Gasteiger partial charge in [-0.1, -0.05) is 65.7 Å². The number of hydrogen-bond donors (Lipinski definition) is 4. The Morgan fingerprint density at radius 2 is 1.53 bits per heavy atom. The van der Waals surface area contributed by atoms with Crippen molar-refractivity contribution in [1.29, 1.82) is 0 Å². The second-order valence-electron chi connectivity index (χ2n) is 11.4. The van der Waals surface area contributed by atoms with Crippen LogP contribution in [0.3, 0.4) is 0 Å². The summed E-state index contributed by atoms with van der Waals surface area (Å²) in [7, 11) is 3.12. The first-order valence-electron chi connectivity index (χ1n) is 15.4. The van der Waals surface area contributed by atoms with Gasteiger partial charge in [-0.15, -0.1) is 0 Å². The number of nitrogens with one attached hydrogen (secondary N) is 4. The van der Waals surface area contributed by atoms with Gasteiger partial charge in [0.25, 0.3) is 0 Å². The topological polar surface area (TPSA) is 139 Å². The Labute approximate surface area is 282 Å². The molecule has 6 rings (SSSR count). The van der Waals surface area contributed by atoms with Crippen LogP contribution >= 0.6 is 23.2 Å². The molecule has 2 aromatic heterocycles. The molecule has 0 spiro atoms. The lowest BCUT2D eigenvalue weighted by atomic mass is 9.98. The average Bonchev–Trinajstić information content (AvgIpc) is 3.70. The van der Waals surface area contributed by atoms with Crippen LogP contribution in [0.5, 0.6) is 11.8 Å². The van der Waals surface area contributed by atoms with Crippen molar-refractivity contribution in [3.05, 3.63) is 76.0 Å². The minimum atomic E-state index is -0.230. The van der Waals surface area contributed by atoms with Crippen molar-refractivity contribution in [2.24, 2.45) is 0 Å². The molecule has 244 valence electrons. The van der Waals surface area contributed by atoms with Crippen LogP contribution in [0.4, 0.5) is 0 Å². The Bertz CT molecular complexity index is 1800. The molecule has 0 bridgehead atoms. The van der Waals surface area contributed by atoms with Crippen LogP contribution in [0.1, 0.15) is 30.5 Å². The second kappa shape index (κ2) is 14.6. The van der Waals surface area contributed by atoms with E-state index in [1.807, 2.05) is 48.5 Å². The smallest absolute Gasteiger partial charge is 0.237 e. The molecule has 2 fully saturated rings. The number of hydrogen-bond acceptors (Lipinski definition) is 9. The van der Waals surface area contributed by atoms with E-state index in [0.717, 1.165) is 29.5 Å². The quantitative estimate of drug-likeness (QED) is 0.170. The van der Waals surface area contributed by atoms with Crippen molar-refractivity contribution in [2.75, 3.05) is 27.3 Å². The highest BCUT2D eigenvalue weighted by Crippen LogP contribution is 2.42. The van der Waals surface area contributed by atoms with Gasteiger partial charge in [-0.2, -0.15) is 0 Å². The summed E-state index contributed by atoms with van der Waals surface area (Å²) in [5.41, 5.74) is 5.53. The Morgan fingerprint density at radius 3 is 2.17 bits per heavy atom. The van der Waals surface area contributed by atoms with E-state index in [0.29, 0.717) is 82.6 Å². The number of methoxy groups -OCH3 is 2. The maximum atomic E-state index is 12.0. The van der Waals surface area contributed by atoms with Crippen LogP contribution in [0.25, 0.3) is 33.6 Å². The van der Waals surface area contributed by atoms with Crippen molar-refractivity contribution in [3.8, 4) is 45.4 Å². The fraction of sp³-hybridized carbons (Fsp3) is 0.324. The molecule has 2 saturated heterocycles. The zero-order valence-corrected chi connectivity index (χ0v) is 27.5. The molecule has 4 aromatic rings. The number of carbonyl (C=O) groups excluding carboxylic acids is 2. The molecule has 0 saturated carbocycles. The Kier molecular flexibility index (Phi) is 10.2. The average molecular weight is 677 g/mol. The largest absolute Gasteiger partial charge is 0.481 e. The number of pyridine rings is 1. The van der Waals surface area contributed by atoms with Crippen LogP contribution in [0.2, 0.25) is 10.0 Å². The molecule has 4 heterocycles. The van der Waals surface area contributed by atoms with Gasteiger partial charge in [0.1, 0.15) is 5.69 Å². The summed E-state index contributed by atoms with van der Waals surface area (Å²) in [6.45, 7) is 2.18. The van der Waals surface area contributed by atoms with Crippen molar-refractivity contribution in [3.63, 3.8) is 0 Å². The molecule has 11 nitrogen and oxygen atoms in total. The zero-order chi connectivity index (χ0) is 32.9. The van der Waals surface area contributed by atoms with Crippen LogP contribution < -0.4 is 30.7 Å². The van der Waals surface area contributed by atoms with Gasteiger partial charge in [-0.3, -0.25) is 14.6 Å². The van der Waals surface area contributed by atoms with E-state index in [2.05, 4.69) is 26.3 Å². The first kappa shape index (κ1) is 32.6. The number of benzene rings is 2. The van der Waals surface area contributed by atoms with Gasteiger partial charge < -0.3 is 30.7 Å². The van der Waals surface area contributed by atoms with E-state index in [4.69, 9.17) is 42.6 Å². The molecular formula is C34H35Cl2N7O4. The molecule has 13 heteroatoms. The third-order valence-corrected chi connectivity index (χ3v) is 9.15. The molecule has 2 atom stereocenters. The van der Waals surface area contributed by atoms with Crippen molar-refractivity contribution in [2.45, 2.75) is 44.4 Å². The molecule has 47 heavy (non-hydrogen) atoms. The summed E-state index contributed by atoms with van der Waals surface area (Å²) in [6, 6.07) is 15.1. The minimum Gasteiger partial charge on any atom is -0.481 e. The SMILES string of the molecule is COc1nc(-c2cccc(-c3cccc(-c4cnc(CNCC5CCC(=O)N5)c(OC)n4)c3Cl)c2Cl)ccc1CNC1CCNC1=O. The molecule has 2 unspecified atom stereocenters. The highest BCUT2D eigenvalue weighted by atomic mass is 35.5. The van der Waals surface area contributed by atoms with E-state index in [9.17, 15) is 9.59 Å². The lowest BCUT2D eigenvalue weighted by Crippen LogP contribution is -2.35. The normalized spacial score (nSPS) is 17.4. The number of carbonyl (C=O) groups is 2.